The van der Waals surface area contributed by atoms with Gasteiger partial charge in [-0.2, -0.15) is 4.98 Å². The molecule has 0 aliphatic rings. The lowest BCUT2D eigenvalue weighted by Gasteiger charge is -2.15. The number of aromatic nitrogens is 1. The second-order valence-electron chi connectivity index (χ2n) is 4.59. The number of carbonyl (C=O) groups is 1. The molecule has 1 rings (SSSR count). The minimum Gasteiger partial charge on any atom is -0.476 e. The van der Waals surface area contributed by atoms with Gasteiger partial charge in [0.15, 0.2) is 0 Å². The summed E-state index contributed by atoms with van der Waals surface area (Å²) in [5.41, 5.74) is 6.27. The standard InChI is InChI=1S/C14H24N4O3/c1-4-8-21-14-11(15)5-6-12(18-14)17-10(2)13(19)16-7-9-20-3/h5-6,10H,4,7-9,15H2,1-3H3,(H,16,19)(H,17,18). The average Bonchev–Trinajstić information content (AvgIpc) is 2.47. The molecule has 4 N–H and O–H groups in total. The molecule has 0 fully saturated rings. The number of pyridine rings is 1. The minimum absolute atomic E-state index is 0.123. The number of anilines is 2. The molecule has 0 bridgehead atoms. The third-order valence-corrected chi connectivity index (χ3v) is 2.70. The van der Waals surface area contributed by atoms with Crippen molar-refractivity contribution in [3.63, 3.8) is 0 Å². The second-order valence-corrected chi connectivity index (χ2v) is 4.59. The van der Waals surface area contributed by atoms with Crippen molar-refractivity contribution in [3.05, 3.63) is 12.1 Å². The summed E-state index contributed by atoms with van der Waals surface area (Å²) in [6.45, 7) is 5.26. The van der Waals surface area contributed by atoms with Crippen LogP contribution in [0, 0.1) is 0 Å². The normalized spacial score (nSPS) is 11.8. The molecule has 1 unspecified atom stereocenters. The van der Waals surface area contributed by atoms with Gasteiger partial charge >= 0.3 is 0 Å². The number of nitrogen functional groups attached to an aromatic ring is 1. The Hall–Kier alpha value is -2.02. The number of ether oxygens (including phenoxy) is 2. The van der Waals surface area contributed by atoms with Crippen LogP contribution in [0.25, 0.3) is 0 Å². The first-order valence-electron chi connectivity index (χ1n) is 7.01. The van der Waals surface area contributed by atoms with Crippen LogP contribution in [-0.4, -0.2) is 43.8 Å². The number of hydrogen-bond donors (Lipinski definition) is 3. The van der Waals surface area contributed by atoms with E-state index in [2.05, 4.69) is 15.6 Å². The zero-order valence-corrected chi connectivity index (χ0v) is 12.8. The van der Waals surface area contributed by atoms with Gasteiger partial charge in [-0.05, 0) is 25.5 Å². The fourth-order valence-electron chi connectivity index (χ4n) is 1.56. The third kappa shape index (κ3) is 5.86. The number of carbonyl (C=O) groups excluding carboxylic acids is 1. The maximum absolute atomic E-state index is 11.8. The Labute approximate surface area is 125 Å². The van der Waals surface area contributed by atoms with E-state index >= 15 is 0 Å². The summed E-state index contributed by atoms with van der Waals surface area (Å²) in [7, 11) is 1.59. The van der Waals surface area contributed by atoms with Crippen LogP contribution in [0.3, 0.4) is 0 Å². The Morgan fingerprint density at radius 1 is 1.43 bits per heavy atom. The smallest absolute Gasteiger partial charge is 0.242 e. The Kier molecular flexibility index (Phi) is 7.31. The largest absolute Gasteiger partial charge is 0.476 e. The van der Waals surface area contributed by atoms with Crippen molar-refractivity contribution in [2.75, 3.05) is 37.9 Å². The fourth-order valence-corrected chi connectivity index (χ4v) is 1.56. The Bertz CT molecular complexity index is 454. The van der Waals surface area contributed by atoms with E-state index in [9.17, 15) is 4.79 Å². The molecule has 1 atom stereocenters. The summed E-state index contributed by atoms with van der Waals surface area (Å²) in [6, 6.07) is 3.00. The van der Waals surface area contributed by atoms with Crippen molar-refractivity contribution in [2.24, 2.45) is 0 Å². The quantitative estimate of drug-likeness (QED) is 0.588. The summed E-state index contributed by atoms with van der Waals surface area (Å²) in [4.78, 5) is 16.1. The van der Waals surface area contributed by atoms with Crippen LogP contribution >= 0.6 is 0 Å². The molecule has 0 radical (unpaired) electrons. The van der Waals surface area contributed by atoms with Crippen molar-refractivity contribution >= 4 is 17.4 Å². The number of nitrogens with zero attached hydrogens (tertiary/aromatic N) is 1. The molecule has 0 aliphatic carbocycles. The molecule has 21 heavy (non-hydrogen) atoms. The molecule has 0 aliphatic heterocycles. The number of nitrogens with one attached hydrogen (secondary N) is 2. The van der Waals surface area contributed by atoms with Crippen molar-refractivity contribution in [1.82, 2.24) is 10.3 Å². The van der Waals surface area contributed by atoms with Gasteiger partial charge < -0.3 is 25.8 Å². The molecular formula is C14H24N4O3. The fraction of sp³-hybridized carbons (Fsp3) is 0.571. The molecule has 1 heterocycles. The highest BCUT2D eigenvalue weighted by Crippen LogP contribution is 2.21. The van der Waals surface area contributed by atoms with Gasteiger partial charge in [0.2, 0.25) is 11.8 Å². The van der Waals surface area contributed by atoms with Crippen LogP contribution in [0.1, 0.15) is 20.3 Å². The molecule has 1 aromatic heterocycles. The van der Waals surface area contributed by atoms with Gasteiger partial charge in [0.05, 0.1) is 18.9 Å². The van der Waals surface area contributed by atoms with E-state index in [4.69, 9.17) is 15.2 Å². The third-order valence-electron chi connectivity index (χ3n) is 2.70. The second kappa shape index (κ2) is 9.02. The predicted octanol–water partition coefficient (Wildman–Crippen LogP) is 1.02. The number of methoxy groups -OCH3 is 1. The summed E-state index contributed by atoms with van der Waals surface area (Å²) >= 11 is 0. The summed E-state index contributed by atoms with van der Waals surface area (Å²) in [5, 5.41) is 5.77. The minimum atomic E-state index is -0.419. The first-order valence-corrected chi connectivity index (χ1v) is 7.01. The van der Waals surface area contributed by atoms with Crippen LogP contribution < -0.4 is 21.1 Å². The molecule has 0 saturated carbocycles. The zero-order valence-electron chi connectivity index (χ0n) is 12.8. The zero-order chi connectivity index (χ0) is 15.7. The van der Waals surface area contributed by atoms with Gasteiger partial charge in [-0.25, -0.2) is 0 Å². The lowest BCUT2D eigenvalue weighted by Crippen LogP contribution is -2.39. The molecule has 1 amide bonds. The summed E-state index contributed by atoms with van der Waals surface area (Å²) in [6.07, 6.45) is 0.872. The first kappa shape index (κ1) is 17.0. The van der Waals surface area contributed by atoms with Crippen LogP contribution in [0.5, 0.6) is 5.88 Å². The van der Waals surface area contributed by atoms with E-state index in [1.807, 2.05) is 6.92 Å². The van der Waals surface area contributed by atoms with E-state index in [0.29, 0.717) is 37.1 Å². The number of amides is 1. The summed E-state index contributed by atoms with van der Waals surface area (Å²) in [5.74, 6) is 0.806. The number of rotatable bonds is 9. The number of nitrogens with two attached hydrogens (primary N) is 1. The lowest BCUT2D eigenvalue weighted by atomic mass is 10.3. The first-order chi connectivity index (χ1) is 10.1. The molecule has 7 nitrogen and oxygen atoms in total. The van der Waals surface area contributed by atoms with E-state index in [1.165, 1.54) is 0 Å². The highest BCUT2D eigenvalue weighted by Gasteiger charge is 2.13. The van der Waals surface area contributed by atoms with E-state index < -0.39 is 6.04 Å². The molecule has 0 spiro atoms. The van der Waals surface area contributed by atoms with Crippen molar-refractivity contribution in [3.8, 4) is 5.88 Å². The highest BCUT2D eigenvalue weighted by molar-refractivity contribution is 5.83. The van der Waals surface area contributed by atoms with Gasteiger partial charge in [0, 0.05) is 13.7 Å². The Morgan fingerprint density at radius 2 is 2.19 bits per heavy atom. The lowest BCUT2D eigenvalue weighted by molar-refractivity contribution is -0.121. The highest BCUT2D eigenvalue weighted by atomic mass is 16.5. The van der Waals surface area contributed by atoms with Crippen molar-refractivity contribution < 1.29 is 14.3 Å². The van der Waals surface area contributed by atoms with Crippen LogP contribution in [-0.2, 0) is 9.53 Å². The maximum Gasteiger partial charge on any atom is 0.242 e. The number of hydrogen-bond acceptors (Lipinski definition) is 6. The average molecular weight is 296 g/mol. The van der Waals surface area contributed by atoms with Crippen molar-refractivity contribution in [2.45, 2.75) is 26.3 Å². The molecule has 1 aromatic rings. The van der Waals surface area contributed by atoms with Gasteiger partial charge in [-0.3, -0.25) is 4.79 Å². The predicted molar refractivity (Wildman–Crippen MR) is 82.4 cm³/mol. The Morgan fingerprint density at radius 3 is 2.86 bits per heavy atom. The van der Waals surface area contributed by atoms with Gasteiger partial charge in [-0.1, -0.05) is 6.92 Å². The van der Waals surface area contributed by atoms with Gasteiger partial charge in [-0.15, -0.1) is 0 Å². The molecule has 0 aromatic carbocycles. The van der Waals surface area contributed by atoms with Gasteiger partial charge in [0.1, 0.15) is 11.9 Å². The van der Waals surface area contributed by atoms with Gasteiger partial charge in [0.25, 0.3) is 0 Å². The topological polar surface area (TPSA) is 98.5 Å². The summed E-state index contributed by atoms with van der Waals surface area (Å²) < 4.78 is 10.3. The van der Waals surface area contributed by atoms with Crippen LogP contribution in [0.15, 0.2) is 12.1 Å². The maximum atomic E-state index is 11.8. The van der Waals surface area contributed by atoms with Crippen LogP contribution in [0.2, 0.25) is 0 Å². The van der Waals surface area contributed by atoms with E-state index in [1.54, 1.807) is 26.2 Å². The monoisotopic (exact) mass is 296 g/mol. The molecular weight excluding hydrogens is 272 g/mol. The van der Waals surface area contributed by atoms with E-state index in [0.717, 1.165) is 6.42 Å². The Balaban J connectivity index is 2.58. The molecule has 7 heteroatoms. The van der Waals surface area contributed by atoms with Crippen molar-refractivity contribution in [1.29, 1.82) is 0 Å². The SMILES string of the molecule is CCCOc1nc(NC(C)C(=O)NCCOC)ccc1N. The van der Waals surface area contributed by atoms with E-state index in [-0.39, 0.29) is 5.91 Å². The molecule has 0 saturated heterocycles. The molecule has 118 valence electrons. The van der Waals surface area contributed by atoms with Crippen LogP contribution in [0.4, 0.5) is 11.5 Å².